The number of phosphoric ester groups is 1. The molecule has 0 aliphatic rings. The Balaban J connectivity index is -0.0000000301. The zero-order chi connectivity index (χ0) is 22.9. The first-order valence-electron chi connectivity index (χ1n) is 7.83. The van der Waals surface area contributed by atoms with Crippen LogP contribution in [0.15, 0.2) is 0 Å². The first kappa shape index (κ1) is 58.0. The van der Waals surface area contributed by atoms with Gasteiger partial charge in [-0.2, -0.15) is 8.42 Å². The Hall–Kier alpha value is -0.360. The minimum atomic E-state index is -4.17. The maximum absolute atomic E-state index is 10.2. The zero-order valence-corrected chi connectivity index (χ0v) is 18.7. The van der Waals surface area contributed by atoms with Gasteiger partial charge in [-0.15, -0.1) is 0 Å². The predicted octanol–water partition coefficient (Wildman–Crippen LogP) is 4.88. The third kappa shape index (κ3) is 78.1. The van der Waals surface area contributed by atoms with Crippen LogP contribution in [0.1, 0.15) is 84.6 Å². The third-order valence-electron chi connectivity index (χ3n) is 2.41. The molecule has 12 nitrogen and oxygen atoms in total. The molecule has 32 heavy (non-hydrogen) atoms. The lowest BCUT2D eigenvalue weighted by atomic mass is 10.1. The SMILES string of the molecule is C.C.C.C.C.CCC(CC)C(=O)O.CCOP(=O)(O)O.CCP(=O)(O)O.CCS(=O)(=O)O. The summed E-state index contributed by atoms with van der Waals surface area (Å²) in [7, 11) is -11.5. The molecule has 0 saturated carbocycles. The summed E-state index contributed by atoms with van der Waals surface area (Å²) in [5, 5.41) is 8.37. The van der Waals surface area contributed by atoms with E-state index in [1.54, 1.807) is 0 Å². The van der Waals surface area contributed by atoms with Gasteiger partial charge in [0.1, 0.15) is 0 Å². The maximum atomic E-state index is 10.2. The van der Waals surface area contributed by atoms with Crippen molar-refractivity contribution in [2.75, 3.05) is 18.5 Å². The fourth-order valence-corrected chi connectivity index (χ4v) is 1.14. The van der Waals surface area contributed by atoms with Gasteiger partial charge in [-0.3, -0.25) is 18.4 Å². The van der Waals surface area contributed by atoms with Crippen molar-refractivity contribution in [2.24, 2.45) is 5.92 Å². The number of carbonyl (C=O) groups is 1. The Bertz CT molecular complexity index is 552. The molecule has 0 fully saturated rings. The van der Waals surface area contributed by atoms with E-state index >= 15 is 0 Å². The molecule has 0 aliphatic carbocycles. The first-order valence-corrected chi connectivity index (χ1v) is 12.8. The van der Waals surface area contributed by atoms with Crippen molar-refractivity contribution in [3.05, 3.63) is 0 Å². The molecule has 6 N–H and O–H groups in total. The predicted molar refractivity (Wildman–Crippen MR) is 134 cm³/mol. The molecule has 0 bridgehead atoms. The van der Waals surface area contributed by atoms with E-state index in [2.05, 4.69) is 4.52 Å². The topological polar surface area (TPSA) is 216 Å². The number of rotatable bonds is 7. The van der Waals surface area contributed by atoms with E-state index in [4.69, 9.17) is 29.2 Å². The molecule has 0 aliphatic heterocycles. The second-order valence-electron chi connectivity index (χ2n) is 4.61. The highest BCUT2D eigenvalue weighted by Gasteiger charge is 2.10. The molecule has 0 aromatic rings. The average molecular weight is 543 g/mol. The Morgan fingerprint density at radius 2 is 1.09 bits per heavy atom. The fraction of sp³-hybridized carbons (Fsp3) is 0.941. The number of carboxylic acid groups (broad SMARTS) is 1. The van der Waals surface area contributed by atoms with Gasteiger partial charge in [0, 0.05) is 6.16 Å². The molecule has 0 radical (unpaired) electrons. The molecule has 0 aromatic carbocycles. The Kier molecular flexibility index (Phi) is 55.5. The highest BCUT2D eigenvalue weighted by Crippen LogP contribution is 2.35. The lowest BCUT2D eigenvalue weighted by molar-refractivity contribution is -0.141. The number of aliphatic carboxylic acids is 1. The highest BCUT2D eigenvalue weighted by atomic mass is 32.2. The molecule has 0 amide bonds. The molecule has 0 heterocycles. The van der Waals surface area contributed by atoms with Crippen LogP contribution in [0.25, 0.3) is 0 Å². The summed E-state index contributed by atoms with van der Waals surface area (Å²) < 4.78 is 50.2. The standard InChI is InChI=1S/C6H12O2.C2H7O4P.C2H7O3P.C2H6O3S.5CH4/c1-3-5(4-2)6(7)8;1-2-6-7(3,4)5;2*1-2-6(3,4)5;;;;;/h5H,3-4H2,1-2H3,(H,7,8);2H2,1H3,(H2,3,4,5);2H2,1H3,(H2,3,4,5);2H2,1H3,(H,3,4,5);5*1H4. The van der Waals surface area contributed by atoms with Crippen LogP contribution >= 0.6 is 15.4 Å². The third-order valence-corrected chi connectivity index (χ3v) is 4.56. The van der Waals surface area contributed by atoms with E-state index in [-0.39, 0.29) is 61.6 Å². The fourth-order valence-electron chi connectivity index (χ4n) is 0.806. The van der Waals surface area contributed by atoms with Crippen LogP contribution in [0.5, 0.6) is 0 Å². The number of carboxylic acids is 1. The van der Waals surface area contributed by atoms with E-state index < -0.39 is 31.5 Å². The van der Waals surface area contributed by atoms with Crippen LogP contribution in [-0.2, 0) is 28.6 Å². The van der Waals surface area contributed by atoms with Crippen LogP contribution in [0.3, 0.4) is 0 Å². The minimum Gasteiger partial charge on any atom is -0.481 e. The molecular weight excluding hydrogens is 490 g/mol. The molecule has 0 rings (SSSR count). The Morgan fingerprint density at radius 1 is 0.844 bits per heavy atom. The van der Waals surface area contributed by atoms with Crippen LogP contribution in [0.2, 0.25) is 0 Å². The van der Waals surface area contributed by atoms with Crippen molar-refractivity contribution < 1.29 is 56.1 Å². The average Bonchev–Trinajstić information content (AvgIpc) is 2.47. The summed E-state index contributed by atoms with van der Waals surface area (Å²) in [6.45, 7) is 8.16. The van der Waals surface area contributed by atoms with E-state index in [1.807, 2.05) is 13.8 Å². The monoisotopic (exact) mass is 542 g/mol. The summed E-state index contributed by atoms with van der Waals surface area (Å²) in [6, 6.07) is 0. The van der Waals surface area contributed by atoms with Crippen LogP contribution in [0, 0.1) is 5.92 Å². The van der Waals surface area contributed by atoms with Crippen molar-refractivity contribution in [1.82, 2.24) is 0 Å². The van der Waals surface area contributed by atoms with Gasteiger partial charge in [-0.25, -0.2) is 4.57 Å². The van der Waals surface area contributed by atoms with Gasteiger partial charge < -0.3 is 24.7 Å². The normalized spacial score (nSPS) is 9.47. The molecule has 0 unspecified atom stereocenters. The van der Waals surface area contributed by atoms with Gasteiger partial charge in [-0.05, 0) is 26.7 Å². The van der Waals surface area contributed by atoms with Gasteiger partial charge >= 0.3 is 21.4 Å². The van der Waals surface area contributed by atoms with E-state index in [1.165, 1.54) is 20.8 Å². The molecular formula is C17H52O12P2S. The van der Waals surface area contributed by atoms with E-state index in [0.717, 1.165) is 12.8 Å². The second-order valence-corrected chi connectivity index (χ2v) is 9.55. The molecule has 208 valence electrons. The van der Waals surface area contributed by atoms with Gasteiger partial charge in [0.15, 0.2) is 0 Å². The van der Waals surface area contributed by atoms with Crippen LogP contribution in [0.4, 0.5) is 0 Å². The number of hydrogen-bond acceptors (Lipinski definition) is 6. The van der Waals surface area contributed by atoms with Crippen molar-refractivity contribution in [2.45, 2.75) is 84.6 Å². The molecule has 0 saturated heterocycles. The zero-order valence-electron chi connectivity index (χ0n) is 16.0. The number of hydrogen-bond donors (Lipinski definition) is 6. The smallest absolute Gasteiger partial charge is 0.469 e. The lowest BCUT2D eigenvalue weighted by Gasteiger charge is -2.02. The minimum absolute atomic E-state index is 0. The summed E-state index contributed by atoms with van der Waals surface area (Å²) in [5.74, 6) is -1.00. The highest BCUT2D eigenvalue weighted by molar-refractivity contribution is 7.85. The first-order chi connectivity index (χ1) is 11.9. The van der Waals surface area contributed by atoms with Crippen molar-refractivity contribution in [3.63, 3.8) is 0 Å². The quantitative estimate of drug-likeness (QED) is 0.187. The summed E-state index contributed by atoms with van der Waals surface area (Å²) in [6.07, 6.45) is 1.42. The van der Waals surface area contributed by atoms with Crippen molar-refractivity contribution in [1.29, 1.82) is 0 Å². The number of phosphoric acid groups is 1. The Morgan fingerprint density at radius 3 is 1.09 bits per heavy atom. The van der Waals surface area contributed by atoms with Gasteiger partial charge in [0.25, 0.3) is 10.1 Å². The second kappa shape index (κ2) is 30.6. The summed E-state index contributed by atoms with van der Waals surface area (Å²) in [4.78, 5) is 41.8. The Labute approximate surface area is 197 Å². The van der Waals surface area contributed by atoms with Gasteiger partial charge in [-0.1, -0.05) is 57.9 Å². The van der Waals surface area contributed by atoms with Gasteiger partial charge in [0.05, 0.1) is 18.3 Å². The van der Waals surface area contributed by atoms with Crippen LogP contribution in [-0.4, -0.2) is 62.1 Å². The summed E-state index contributed by atoms with van der Waals surface area (Å²) in [5.41, 5.74) is 0. The molecule has 0 spiro atoms. The largest absolute Gasteiger partial charge is 0.481 e. The lowest BCUT2D eigenvalue weighted by Crippen LogP contribution is -2.10. The van der Waals surface area contributed by atoms with Crippen LogP contribution < -0.4 is 0 Å². The molecule has 0 aromatic heterocycles. The van der Waals surface area contributed by atoms with Crippen molar-refractivity contribution in [3.8, 4) is 0 Å². The van der Waals surface area contributed by atoms with Crippen molar-refractivity contribution >= 4 is 31.5 Å². The summed E-state index contributed by atoms with van der Waals surface area (Å²) >= 11 is 0. The maximum Gasteiger partial charge on any atom is 0.469 e. The molecule has 15 heteroatoms. The molecule has 0 atom stereocenters. The van der Waals surface area contributed by atoms with E-state index in [9.17, 15) is 22.3 Å². The van der Waals surface area contributed by atoms with E-state index in [0.29, 0.717) is 0 Å². The van der Waals surface area contributed by atoms with Gasteiger partial charge in [0.2, 0.25) is 0 Å².